The van der Waals surface area contributed by atoms with Crippen molar-refractivity contribution in [1.82, 2.24) is 4.57 Å². The molecule has 1 heterocycles. The Morgan fingerprint density at radius 3 is 2.37 bits per heavy atom. The Labute approximate surface area is 159 Å². The number of carbonyl (C=O) groups excluding carboxylic acids is 1. The highest BCUT2D eigenvalue weighted by Crippen LogP contribution is 2.30. The molecule has 5 nitrogen and oxygen atoms in total. The van der Waals surface area contributed by atoms with Crippen molar-refractivity contribution in [3.05, 3.63) is 78.1 Å². The number of nitrogens with zero attached hydrogens (tertiary/aromatic N) is 1. The first-order valence-electron chi connectivity index (χ1n) is 8.81. The molecule has 140 valence electrons. The lowest BCUT2D eigenvalue weighted by Gasteiger charge is -2.20. The monoisotopic (exact) mass is 364 g/mol. The second-order valence-corrected chi connectivity index (χ2v) is 6.38. The third-order valence-corrected chi connectivity index (χ3v) is 4.51. The van der Waals surface area contributed by atoms with Crippen LogP contribution in [0.2, 0.25) is 0 Å². The predicted molar refractivity (Wildman–Crippen MR) is 107 cm³/mol. The molecule has 3 aromatic rings. The number of hydrogen-bond donors (Lipinski definition) is 1. The van der Waals surface area contributed by atoms with Crippen LogP contribution in [0, 0.1) is 6.92 Å². The summed E-state index contributed by atoms with van der Waals surface area (Å²) >= 11 is 0. The van der Waals surface area contributed by atoms with Gasteiger partial charge in [0, 0.05) is 18.5 Å². The van der Waals surface area contributed by atoms with E-state index in [0.717, 1.165) is 5.56 Å². The summed E-state index contributed by atoms with van der Waals surface area (Å²) in [5.74, 6) is 1.16. The summed E-state index contributed by atoms with van der Waals surface area (Å²) in [5, 5.41) is 2.95. The van der Waals surface area contributed by atoms with Crippen LogP contribution in [0.1, 0.15) is 23.6 Å². The van der Waals surface area contributed by atoms with Crippen molar-refractivity contribution in [2.75, 3.05) is 19.5 Å². The zero-order valence-corrected chi connectivity index (χ0v) is 15.8. The molecule has 0 bridgehead atoms. The Morgan fingerprint density at radius 1 is 1.04 bits per heavy atom. The topological polar surface area (TPSA) is 52.5 Å². The third kappa shape index (κ3) is 4.50. The van der Waals surface area contributed by atoms with E-state index in [0.29, 0.717) is 23.6 Å². The first-order valence-corrected chi connectivity index (χ1v) is 8.81. The van der Waals surface area contributed by atoms with Crippen molar-refractivity contribution in [3.8, 4) is 11.5 Å². The fourth-order valence-electron chi connectivity index (χ4n) is 3.03. The van der Waals surface area contributed by atoms with Crippen LogP contribution in [0.3, 0.4) is 0 Å². The van der Waals surface area contributed by atoms with Gasteiger partial charge in [-0.05, 0) is 36.8 Å². The molecule has 0 radical (unpaired) electrons. The van der Waals surface area contributed by atoms with E-state index < -0.39 is 0 Å². The summed E-state index contributed by atoms with van der Waals surface area (Å²) in [4.78, 5) is 12.8. The zero-order valence-electron chi connectivity index (χ0n) is 15.8. The second-order valence-electron chi connectivity index (χ2n) is 6.38. The number of benzene rings is 2. The van der Waals surface area contributed by atoms with Crippen molar-refractivity contribution in [3.63, 3.8) is 0 Å². The Morgan fingerprint density at radius 2 is 1.74 bits per heavy atom. The standard InChI is InChI=1S/C22H24N2O3/c1-16-6-8-17(9-7-16)20(24-12-4-5-13-24)15-22(25)23-19-14-18(26-2)10-11-21(19)27-3/h4-14,20H,15H2,1-3H3,(H,23,25)/t20-/m1/s1. The van der Waals surface area contributed by atoms with Gasteiger partial charge in [0.1, 0.15) is 11.5 Å². The van der Waals surface area contributed by atoms with Crippen LogP contribution in [-0.4, -0.2) is 24.7 Å². The average molecular weight is 364 g/mol. The molecule has 1 amide bonds. The van der Waals surface area contributed by atoms with E-state index in [9.17, 15) is 4.79 Å². The SMILES string of the molecule is COc1ccc(OC)c(NC(=O)C[C@H](c2ccc(C)cc2)n2cccc2)c1. The minimum Gasteiger partial charge on any atom is -0.497 e. The Hall–Kier alpha value is -3.21. The number of hydrogen-bond acceptors (Lipinski definition) is 3. The van der Waals surface area contributed by atoms with Crippen LogP contribution in [0.15, 0.2) is 67.0 Å². The minimum absolute atomic E-state index is 0.0859. The molecular formula is C22H24N2O3. The summed E-state index contributed by atoms with van der Waals surface area (Å²) in [6.45, 7) is 2.05. The van der Waals surface area contributed by atoms with Crippen LogP contribution in [0.25, 0.3) is 0 Å². The highest BCUT2D eigenvalue weighted by molar-refractivity contribution is 5.93. The number of aromatic nitrogens is 1. The summed E-state index contributed by atoms with van der Waals surface area (Å²) in [5.41, 5.74) is 2.87. The molecule has 0 aliphatic heterocycles. The van der Waals surface area contributed by atoms with Crippen molar-refractivity contribution in [2.24, 2.45) is 0 Å². The Kier molecular flexibility index (Phi) is 5.81. The lowest BCUT2D eigenvalue weighted by molar-refractivity contribution is -0.116. The summed E-state index contributed by atoms with van der Waals surface area (Å²) < 4.78 is 12.6. The zero-order chi connectivity index (χ0) is 19.2. The number of anilines is 1. The number of amides is 1. The quantitative estimate of drug-likeness (QED) is 0.675. The fourth-order valence-corrected chi connectivity index (χ4v) is 3.03. The van der Waals surface area contributed by atoms with E-state index in [1.165, 1.54) is 5.56 Å². The van der Waals surface area contributed by atoms with Crippen LogP contribution >= 0.6 is 0 Å². The molecule has 0 aliphatic carbocycles. The molecule has 0 saturated heterocycles. The molecule has 1 aromatic heterocycles. The van der Waals surface area contributed by atoms with Gasteiger partial charge in [-0.2, -0.15) is 0 Å². The first kappa shape index (κ1) is 18.6. The van der Waals surface area contributed by atoms with E-state index in [1.807, 2.05) is 29.1 Å². The molecule has 1 atom stereocenters. The maximum atomic E-state index is 12.8. The van der Waals surface area contributed by atoms with Gasteiger partial charge in [-0.25, -0.2) is 0 Å². The van der Waals surface area contributed by atoms with Gasteiger partial charge in [0.15, 0.2) is 0 Å². The van der Waals surface area contributed by atoms with Crippen molar-refractivity contribution >= 4 is 11.6 Å². The van der Waals surface area contributed by atoms with Gasteiger partial charge in [-0.1, -0.05) is 29.8 Å². The highest BCUT2D eigenvalue weighted by atomic mass is 16.5. The Bertz CT molecular complexity index is 886. The van der Waals surface area contributed by atoms with Crippen LogP contribution in [-0.2, 0) is 4.79 Å². The molecule has 5 heteroatoms. The van der Waals surface area contributed by atoms with Crippen molar-refractivity contribution in [2.45, 2.75) is 19.4 Å². The molecule has 0 fully saturated rings. The Balaban J connectivity index is 1.82. The smallest absolute Gasteiger partial charge is 0.226 e. The van der Waals surface area contributed by atoms with Gasteiger partial charge in [0.25, 0.3) is 0 Å². The van der Waals surface area contributed by atoms with Crippen molar-refractivity contribution < 1.29 is 14.3 Å². The second kappa shape index (κ2) is 8.45. The highest BCUT2D eigenvalue weighted by Gasteiger charge is 2.18. The minimum atomic E-state index is -0.0965. The summed E-state index contributed by atoms with van der Waals surface area (Å²) in [6.07, 6.45) is 4.26. The average Bonchev–Trinajstić information content (AvgIpc) is 3.21. The molecule has 0 aliphatic rings. The van der Waals surface area contributed by atoms with Crippen molar-refractivity contribution in [1.29, 1.82) is 0 Å². The number of rotatable bonds is 7. The summed E-state index contributed by atoms with van der Waals surface area (Å²) in [6, 6.07) is 17.4. The van der Waals surface area contributed by atoms with Gasteiger partial charge < -0.3 is 19.4 Å². The molecular weight excluding hydrogens is 340 g/mol. The molecule has 2 aromatic carbocycles. The maximum absolute atomic E-state index is 12.8. The van der Waals surface area contributed by atoms with E-state index >= 15 is 0 Å². The number of carbonyl (C=O) groups is 1. The number of nitrogens with one attached hydrogen (secondary N) is 1. The largest absolute Gasteiger partial charge is 0.497 e. The molecule has 3 rings (SSSR count). The van der Waals surface area contributed by atoms with Crippen LogP contribution in [0.4, 0.5) is 5.69 Å². The molecule has 0 saturated carbocycles. The molecule has 27 heavy (non-hydrogen) atoms. The van der Waals surface area contributed by atoms with Gasteiger partial charge in [-0.3, -0.25) is 4.79 Å². The lowest BCUT2D eigenvalue weighted by Crippen LogP contribution is -2.20. The molecule has 0 spiro atoms. The van der Waals surface area contributed by atoms with Crippen LogP contribution < -0.4 is 14.8 Å². The lowest BCUT2D eigenvalue weighted by atomic mass is 10.0. The molecule has 1 N–H and O–H groups in total. The van der Waals surface area contributed by atoms with E-state index in [1.54, 1.807) is 32.4 Å². The molecule has 0 unspecified atom stereocenters. The third-order valence-electron chi connectivity index (χ3n) is 4.51. The summed E-state index contributed by atoms with van der Waals surface area (Å²) in [7, 11) is 3.17. The van der Waals surface area contributed by atoms with Crippen LogP contribution in [0.5, 0.6) is 11.5 Å². The van der Waals surface area contributed by atoms with Gasteiger partial charge >= 0.3 is 0 Å². The van der Waals surface area contributed by atoms with E-state index in [4.69, 9.17) is 9.47 Å². The number of ether oxygens (including phenoxy) is 2. The van der Waals surface area contributed by atoms with Gasteiger partial charge in [0.2, 0.25) is 5.91 Å². The fraction of sp³-hybridized carbons (Fsp3) is 0.227. The normalized spacial score (nSPS) is 11.7. The number of methoxy groups -OCH3 is 2. The van der Waals surface area contributed by atoms with E-state index in [-0.39, 0.29) is 11.9 Å². The first-order chi connectivity index (χ1) is 13.1. The van der Waals surface area contributed by atoms with Gasteiger partial charge in [0.05, 0.1) is 32.4 Å². The number of aryl methyl sites for hydroxylation is 1. The van der Waals surface area contributed by atoms with Gasteiger partial charge in [-0.15, -0.1) is 0 Å². The maximum Gasteiger partial charge on any atom is 0.226 e. The predicted octanol–water partition coefficient (Wildman–Crippen LogP) is 4.43. The van der Waals surface area contributed by atoms with E-state index in [2.05, 4.69) is 36.5 Å².